The Hall–Kier alpha value is -3.80. The highest BCUT2D eigenvalue weighted by Gasteiger charge is 2.17. The lowest BCUT2D eigenvalue weighted by atomic mass is 10.1. The lowest BCUT2D eigenvalue weighted by Gasteiger charge is -2.12. The quantitative estimate of drug-likeness (QED) is 0.260. The minimum absolute atomic E-state index is 0.369. The zero-order chi connectivity index (χ0) is 23.8. The Morgan fingerprint density at radius 2 is 1.94 bits per heavy atom. The molecule has 0 aliphatic carbocycles. The van der Waals surface area contributed by atoms with Crippen molar-refractivity contribution in [3.8, 4) is 11.8 Å². The van der Waals surface area contributed by atoms with E-state index in [1.165, 1.54) is 0 Å². The SMILES string of the molecule is CCc1noc(CC)c1CNC(=NC)NCCCc1nn(-c2ccc(C)cc2)c(N)c1C#N. The topological polar surface area (TPSA) is 130 Å². The summed E-state index contributed by atoms with van der Waals surface area (Å²) in [6.45, 7) is 7.42. The zero-order valence-electron chi connectivity index (χ0n) is 19.8. The summed E-state index contributed by atoms with van der Waals surface area (Å²) in [5.41, 5.74) is 11.4. The Morgan fingerprint density at radius 3 is 2.58 bits per heavy atom. The lowest BCUT2D eigenvalue weighted by Crippen LogP contribution is -2.37. The number of aromatic nitrogens is 3. The third-order valence-electron chi connectivity index (χ3n) is 5.53. The molecule has 0 aliphatic rings. The summed E-state index contributed by atoms with van der Waals surface area (Å²) in [5.74, 6) is 1.97. The van der Waals surface area contributed by atoms with Crippen molar-refractivity contribution < 1.29 is 4.52 Å². The van der Waals surface area contributed by atoms with Gasteiger partial charge in [0.15, 0.2) is 5.96 Å². The summed E-state index contributed by atoms with van der Waals surface area (Å²) in [5, 5.41) is 25.0. The molecule has 0 unspecified atom stereocenters. The first kappa shape index (κ1) is 23.9. The van der Waals surface area contributed by atoms with E-state index in [1.54, 1.807) is 11.7 Å². The largest absolute Gasteiger partial charge is 0.382 e. The Balaban J connectivity index is 1.57. The van der Waals surface area contributed by atoms with E-state index in [4.69, 9.17) is 10.3 Å². The van der Waals surface area contributed by atoms with Crippen molar-refractivity contribution in [2.45, 2.75) is 53.0 Å². The highest BCUT2D eigenvalue weighted by molar-refractivity contribution is 5.79. The number of guanidine groups is 1. The molecule has 3 rings (SSSR count). The first-order chi connectivity index (χ1) is 16.0. The van der Waals surface area contributed by atoms with Gasteiger partial charge < -0.3 is 20.9 Å². The number of aryl methyl sites for hydroxylation is 4. The molecule has 0 spiro atoms. The van der Waals surface area contributed by atoms with Crippen LogP contribution in [0.5, 0.6) is 0 Å². The van der Waals surface area contributed by atoms with Crippen molar-refractivity contribution in [3.63, 3.8) is 0 Å². The van der Waals surface area contributed by atoms with Gasteiger partial charge in [0, 0.05) is 32.1 Å². The van der Waals surface area contributed by atoms with Gasteiger partial charge in [0.25, 0.3) is 0 Å². The van der Waals surface area contributed by atoms with Crippen LogP contribution in [0, 0.1) is 18.3 Å². The lowest BCUT2D eigenvalue weighted by molar-refractivity contribution is 0.380. The van der Waals surface area contributed by atoms with Crippen molar-refractivity contribution >= 4 is 11.8 Å². The molecule has 0 radical (unpaired) electrons. The predicted octanol–water partition coefficient (Wildman–Crippen LogP) is 3.05. The van der Waals surface area contributed by atoms with Gasteiger partial charge in [-0.05, 0) is 38.3 Å². The van der Waals surface area contributed by atoms with Crippen LogP contribution in [0.4, 0.5) is 5.82 Å². The Bertz CT molecular complexity index is 1110. The summed E-state index contributed by atoms with van der Waals surface area (Å²) in [6.07, 6.45) is 3.02. The van der Waals surface area contributed by atoms with E-state index in [-0.39, 0.29) is 0 Å². The van der Waals surface area contributed by atoms with Crippen LogP contribution in [0.1, 0.15) is 54.1 Å². The van der Waals surface area contributed by atoms with Crippen molar-refractivity contribution in [2.24, 2.45) is 4.99 Å². The van der Waals surface area contributed by atoms with Crippen LogP contribution >= 0.6 is 0 Å². The number of rotatable bonds is 9. The second-order valence-corrected chi connectivity index (χ2v) is 7.76. The fraction of sp³-hybridized carbons (Fsp3) is 0.417. The van der Waals surface area contributed by atoms with Gasteiger partial charge in [-0.15, -0.1) is 0 Å². The number of nitrogens with one attached hydrogen (secondary N) is 2. The van der Waals surface area contributed by atoms with Gasteiger partial charge in [0.1, 0.15) is 23.2 Å². The van der Waals surface area contributed by atoms with Gasteiger partial charge in [0.05, 0.1) is 17.1 Å². The number of aliphatic imine (C=N–C) groups is 1. The van der Waals surface area contributed by atoms with Gasteiger partial charge in [-0.3, -0.25) is 4.99 Å². The van der Waals surface area contributed by atoms with Crippen molar-refractivity contribution in [1.29, 1.82) is 5.26 Å². The number of nitrogen functional groups attached to an aromatic ring is 1. The molecule has 0 fully saturated rings. The van der Waals surface area contributed by atoms with Crippen molar-refractivity contribution in [2.75, 3.05) is 19.3 Å². The van der Waals surface area contributed by atoms with E-state index in [1.807, 2.05) is 31.2 Å². The smallest absolute Gasteiger partial charge is 0.191 e. The molecular formula is C24H32N8O. The van der Waals surface area contributed by atoms with Crippen molar-refractivity contribution in [1.82, 2.24) is 25.6 Å². The van der Waals surface area contributed by atoms with Crippen LogP contribution in [0.15, 0.2) is 33.8 Å². The molecule has 2 heterocycles. The number of anilines is 1. The normalized spacial score (nSPS) is 11.4. The van der Waals surface area contributed by atoms with Crippen LogP contribution in [-0.2, 0) is 25.8 Å². The van der Waals surface area contributed by atoms with Gasteiger partial charge in [-0.25, -0.2) is 4.68 Å². The first-order valence-corrected chi connectivity index (χ1v) is 11.3. The molecule has 9 nitrogen and oxygen atoms in total. The average Bonchev–Trinajstić information content (AvgIpc) is 3.38. The molecule has 33 heavy (non-hydrogen) atoms. The Kier molecular flexibility index (Phi) is 8.08. The fourth-order valence-corrected chi connectivity index (χ4v) is 3.65. The summed E-state index contributed by atoms with van der Waals surface area (Å²) >= 11 is 0. The van der Waals surface area contributed by atoms with Crippen LogP contribution in [0.3, 0.4) is 0 Å². The monoisotopic (exact) mass is 448 g/mol. The number of benzene rings is 1. The van der Waals surface area contributed by atoms with E-state index >= 15 is 0 Å². The van der Waals surface area contributed by atoms with Crippen molar-refractivity contribution in [3.05, 3.63) is 58.1 Å². The van der Waals surface area contributed by atoms with Crippen LogP contribution < -0.4 is 16.4 Å². The third kappa shape index (κ3) is 5.52. The van der Waals surface area contributed by atoms with E-state index in [0.29, 0.717) is 42.5 Å². The molecule has 0 amide bonds. The first-order valence-electron chi connectivity index (χ1n) is 11.3. The molecule has 0 atom stereocenters. The van der Waals surface area contributed by atoms with E-state index < -0.39 is 0 Å². The number of hydrogen-bond donors (Lipinski definition) is 3. The molecule has 0 aliphatic heterocycles. The molecule has 1 aromatic carbocycles. The highest BCUT2D eigenvalue weighted by Crippen LogP contribution is 2.22. The maximum absolute atomic E-state index is 9.59. The van der Waals surface area contributed by atoms with Gasteiger partial charge in [-0.2, -0.15) is 10.4 Å². The maximum Gasteiger partial charge on any atom is 0.191 e. The standard InChI is InChI=1S/C24H32N8O/c1-5-20-19(22(6-2)33-31-20)15-29-24(27-4)28-13-7-8-21-18(14-25)23(26)32(30-21)17-11-9-16(3)10-12-17/h9-12H,5-8,13,15,26H2,1-4H3,(H2,27,28,29). The number of nitrogens with two attached hydrogens (primary N) is 1. The van der Waals surface area contributed by atoms with Crippen LogP contribution in [0.2, 0.25) is 0 Å². The minimum Gasteiger partial charge on any atom is -0.382 e. The van der Waals surface area contributed by atoms with E-state index in [2.05, 4.69) is 45.8 Å². The third-order valence-corrected chi connectivity index (χ3v) is 5.53. The van der Waals surface area contributed by atoms with Gasteiger partial charge in [0.2, 0.25) is 0 Å². The fourth-order valence-electron chi connectivity index (χ4n) is 3.65. The molecule has 9 heteroatoms. The highest BCUT2D eigenvalue weighted by atomic mass is 16.5. The summed E-state index contributed by atoms with van der Waals surface area (Å²) < 4.78 is 7.06. The summed E-state index contributed by atoms with van der Waals surface area (Å²) in [6, 6.07) is 10.1. The van der Waals surface area contributed by atoms with Crippen LogP contribution in [0.25, 0.3) is 5.69 Å². The predicted molar refractivity (Wildman–Crippen MR) is 129 cm³/mol. The molecular weight excluding hydrogens is 416 g/mol. The molecule has 4 N–H and O–H groups in total. The molecule has 2 aromatic heterocycles. The Labute approximate surface area is 194 Å². The van der Waals surface area contributed by atoms with Crippen LogP contribution in [-0.4, -0.2) is 34.5 Å². The van der Waals surface area contributed by atoms with E-state index in [9.17, 15) is 5.26 Å². The number of nitrogens with zero attached hydrogens (tertiary/aromatic N) is 5. The Morgan fingerprint density at radius 1 is 1.18 bits per heavy atom. The van der Waals surface area contributed by atoms with Gasteiger partial charge >= 0.3 is 0 Å². The maximum atomic E-state index is 9.59. The second-order valence-electron chi connectivity index (χ2n) is 7.76. The summed E-state index contributed by atoms with van der Waals surface area (Å²) in [7, 11) is 1.74. The number of hydrogen-bond acceptors (Lipinski definition) is 6. The zero-order valence-corrected chi connectivity index (χ0v) is 19.8. The molecule has 3 aromatic rings. The second kappa shape index (κ2) is 11.2. The molecule has 174 valence electrons. The minimum atomic E-state index is 0.369. The van der Waals surface area contributed by atoms with E-state index in [0.717, 1.165) is 47.5 Å². The molecule has 0 saturated heterocycles. The summed E-state index contributed by atoms with van der Waals surface area (Å²) in [4.78, 5) is 4.29. The molecule has 0 saturated carbocycles. The average molecular weight is 449 g/mol. The molecule has 0 bridgehead atoms. The van der Waals surface area contributed by atoms with Gasteiger partial charge in [-0.1, -0.05) is 36.7 Å². The number of nitriles is 1.